The van der Waals surface area contributed by atoms with Crippen LogP contribution in [0.1, 0.15) is 30.9 Å². The number of hydrogen-bond acceptors (Lipinski definition) is 2. The van der Waals surface area contributed by atoms with E-state index in [2.05, 4.69) is 36.1 Å². The maximum Gasteiger partial charge on any atom is 0.226 e. The van der Waals surface area contributed by atoms with E-state index >= 15 is 0 Å². The molecule has 20 heavy (non-hydrogen) atoms. The lowest BCUT2D eigenvalue weighted by atomic mass is 9.91. The van der Waals surface area contributed by atoms with E-state index in [9.17, 15) is 4.79 Å². The first-order valence-corrected chi connectivity index (χ1v) is 7.76. The summed E-state index contributed by atoms with van der Waals surface area (Å²) < 4.78 is 0. The van der Waals surface area contributed by atoms with Crippen molar-refractivity contribution in [1.82, 2.24) is 4.90 Å². The van der Waals surface area contributed by atoms with Crippen molar-refractivity contribution in [2.75, 3.05) is 13.1 Å². The Morgan fingerprint density at radius 2 is 1.90 bits per heavy atom. The molecule has 2 unspecified atom stereocenters. The molecule has 1 aromatic rings. The number of nitrogens with two attached hydrogens (primary N) is 1. The molecule has 1 aromatic carbocycles. The van der Waals surface area contributed by atoms with Crippen LogP contribution < -0.4 is 5.73 Å². The number of benzene rings is 1. The standard InChI is InChI=1S/C17H24N2O/c1-12-6-7-13(10-18)11-19(12)17(20)16-8-14-4-2-3-5-15(14)9-16/h2-5,12-13,16H,6-11,18H2,1H3. The summed E-state index contributed by atoms with van der Waals surface area (Å²) in [6.45, 7) is 3.72. The molecule has 108 valence electrons. The summed E-state index contributed by atoms with van der Waals surface area (Å²) in [4.78, 5) is 14.9. The summed E-state index contributed by atoms with van der Waals surface area (Å²) in [7, 11) is 0. The molecule has 0 saturated carbocycles. The molecule has 1 amide bonds. The van der Waals surface area contributed by atoms with Crippen molar-refractivity contribution in [3.63, 3.8) is 0 Å². The van der Waals surface area contributed by atoms with Gasteiger partial charge in [0.05, 0.1) is 0 Å². The summed E-state index contributed by atoms with van der Waals surface area (Å²) in [6.07, 6.45) is 4.07. The van der Waals surface area contributed by atoms with Gasteiger partial charge >= 0.3 is 0 Å². The third kappa shape index (κ3) is 2.47. The van der Waals surface area contributed by atoms with Gasteiger partial charge in [0.25, 0.3) is 0 Å². The van der Waals surface area contributed by atoms with Crippen LogP contribution in [0.4, 0.5) is 0 Å². The highest BCUT2D eigenvalue weighted by molar-refractivity contribution is 5.81. The van der Waals surface area contributed by atoms with Crippen LogP contribution in [0.5, 0.6) is 0 Å². The van der Waals surface area contributed by atoms with Crippen LogP contribution in [-0.4, -0.2) is 29.9 Å². The molecule has 2 atom stereocenters. The molecule has 0 spiro atoms. The predicted octanol–water partition coefficient (Wildman–Crippen LogP) is 1.99. The van der Waals surface area contributed by atoms with Crippen LogP contribution in [0.15, 0.2) is 24.3 Å². The normalized spacial score (nSPS) is 26.6. The average Bonchev–Trinajstić information content (AvgIpc) is 2.91. The molecule has 1 heterocycles. The lowest BCUT2D eigenvalue weighted by molar-refractivity contribution is -0.139. The van der Waals surface area contributed by atoms with Gasteiger partial charge in [-0.2, -0.15) is 0 Å². The van der Waals surface area contributed by atoms with Crippen LogP contribution >= 0.6 is 0 Å². The first-order valence-electron chi connectivity index (χ1n) is 7.76. The monoisotopic (exact) mass is 272 g/mol. The van der Waals surface area contributed by atoms with Crippen molar-refractivity contribution >= 4 is 5.91 Å². The average molecular weight is 272 g/mol. The summed E-state index contributed by atoms with van der Waals surface area (Å²) >= 11 is 0. The molecule has 1 fully saturated rings. The number of likely N-dealkylation sites (tertiary alicyclic amines) is 1. The molecule has 3 heteroatoms. The molecule has 0 radical (unpaired) electrons. The molecule has 0 aromatic heterocycles. The van der Waals surface area contributed by atoms with Crippen molar-refractivity contribution in [3.8, 4) is 0 Å². The van der Waals surface area contributed by atoms with Gasteiger partial charge < -0.3 is 10.6 Å². The molecule has 3 rings (SSSR count). The maximum absolute atomic E-state index is 12.8. The predicted molar refractivity (Wildman–Crippen MR) is 80.3 cm³/mol. The van der Waals surface area contributed by atoms with Crippen LogP contribution in [0.2, 0.25) is 0 Å². The molecule has 3 nitrogen and oxygen atoms in total. The van der Waals surface area contributed by atoms with Gasteiger partial charge in [0.2, 0.25) is 5.91 Å². The van der Waals surface area contributed by atoms with Gasteiger partial charge in [0.15, 0.2) is 0 Å². The van der Waals surface area contributed by atoms with Gasteiger partial charge in [-0.3, -0.25) is 4.79 Å². The van der Waals surface area contributed by atoms with Crippen molar-refractivity contribution < 1.29 is 4.79 Å². The van der Waals surface area contributed by atoms with Crippen LogP contribution in [0, 0.1) is 11.8 Å². The molecular weight excluding hydrogens is 248 g/mol. The lowest BCUT2D eigenvalue weighted by Gasteiger charge is -2.39. The molecule has 0 bridgehead atoms. The fraction of sp³-hybridized carbons (Fsp3) is 0.588. The number of piperidine rings is 1. The van der Waals surface area contributed by atoms with Gasteiger partial charge in [-0.15, -0.1) is 0 Å². The van der Waals surface area contributed by atoms with E-state index in [4.69, 9.17) is 5.73 Å². The van der Waals surface area contributed by atoms with Crippen LogP contribution in [-0.2, 0) is 17.6 Å². The van der Waals surface area contributed by atoms with Gasteiger partial charge in [-0.1, -0.05) is 24.3 Å². The Kier molecular flexibility index (Phi) is 3.79. The third-order valence-electron chi connectivity index (χ3n) is 5.00. The minimum Gasteiger partial charge on any atom is -0.339 e. The second-order valence-corrected chi connectivity index (χ2v) is 6.39. The van der Waals surface area contributed by atoms with Crippen LogP contribution in [0.3, 0.4) is 0 Å². The minimum absolute atomic E-state index is 0.145. The number of hydrogen-bond donors (Lipinski definition) is 1. The third-order valence-corrected chi connectivity index (χ3v) is 5.00. The number of carbonyl (C=O) groups is 1. The van der Waals surface area contributed by atoms with E-state index in [1.165, 1.54) is 11.1 Å². The van der Waals surface area contributed by atoms with E-state index in [-0.39, 0.29) is 5.92 Å². The van der Waals surface area contributed by atoms with Crippen molar-refractivity contribution in [3.05, 3.63) is 35.4 Å². The first-order chi connectivity index (χ1) is 9.69. The molecular formula is C17H24N2O. The summed E-state index contributed by atoms with van der Waals surface area (Å²) in [5.74, 6) is 0.970. The molecule has 2 aliphatic rings. The second-order valence-electron chi connectivity index (χ2n) is 6.39. The zero-order valence-electron chi connectivity index (χ0n) is 12.2. The topological polar surface area (TPSA) is 46.3 Å². The second kappa shape index (κ2) is 5.57. The van der Waals surface area contributed by atoms with E-state index < -0.39 is 0 Å². The van der Waals surface area contributed by atoms with Gasteiger partial charge in [0.1, 0.15) is 0 Å². The van der Waals surface area contributed by atoms with E-state index in [0.29, 0.717) is 24.4 Å². The summed E-state index contributed by atoms with van der Waals surface area (Å²) in [5.41, 5.74) is 8.50. The Labute approximate surface area is 121 Å². The SMILES string of the molecule is CC1CCC(CN)CN1C(=O)C1Cc2ccccc2C1. The van der Waals surface area contributed by atoms with E-state index in [0.717, 1.165) is 32.2 Å². The van der Waals surface area contributed by atoms with E-state index in [1.807, 2.05) is 0 Å². The Hall–Kier alpha value is -1.35. The minimum atomic E-state index is 0.145. The number of nitrogens with zero attached hydrogens (tertiary/aromatic N) is 1. The van der Waals surface area contributed by atoms with Crippen molar-refractivity contribution in [2.24, 2.45) is 17.6 Å². The van der Waals surface area contributed by atoms with Gasteiger partial charge in [0, 0.05) is 18.5 Å². The molecule has 2 N–H and O–H groups in total. The Morgan fingerprint density at radius 3 is 2.50 bits per heavy atom. The quantitative estimate of drug-likeness (QED) is 0.895. The number of amides is 1. The first kappa shape index (κ1) is 13.6. The molecule has 1 saturated heterocycles. The highest BCUT2D eigenvalue weighted by Gasteiger charge is 2.35. The van der Waals surface area contributed by atoms with Gasteiger partial charge in [-0.25, -0.2) is 0 Å². The smallest absolute Gasteiger partial charge is 0.226 e. The van der Waals surface area contributed by atoms with Crippen LogP contribution in [0.25, 0.3) is 0 Å². The zero-order valence-corrected chi connectivity index (χ0v) is 12.2. The fourth-order valence-electron chi connectivity index (χ4n) is 3.65. The Balaban J connectivity index is 1.70. The number of rotatable bonds is 2. The maximum atomic E-state index is 12.8. The summed E-state index contributed by atoms with van der Waals surface area (Å²) in [5, 5.41) is 0. The Bertz CT molecular complexity index is 475. The highest BCUT2D eigenvalue weighted by Crippen LogP contribution is 2.30. The van der Waals surface area contributed by atoms with Crippen molar-refractivity contribution in [1.29, 1.82) is 0 Å². The molecule has 1 aliphatic heterocycles. The van der Waals surface area contributed by atoms with Crippen molar-refractivity contribution in [2.45, 2.75) is 38.6 Å². The summed E-state index contributed by atoms with van der Waals surface area (Å²) in [6, 6.07) is 8.82. The largest absolute Gasteiger partial charge is 0.339 e. The fourth-order valence-corrected chi connectivity index (χ4v) is 3.65. The number of carbonyl (C=O) groups excluding carboxylic acids is 1. The van der Waals surface area contributed by atoms with Gasteiger partial charge in [-0.05, 0) is 56.2 Å². The lowest BCUT2D eigenvalue weighted by Crippen LogP contribution is -2.49. The number of fused-ring (bicyclic) bond motifs is 1. The Morgan fingerprint density at radius 1 is 1.25 bits per heavy atom. The molecule has 1 aliphatic carbocycles. The zero-order chi connectivity index (χ0) is 14.1. The van der Waals surface area contributed by atoms with E-state index in [1.54, 1.807) is 0 Å². The highest BCUT2D eigenvalue weighted by atomic mass is 16.2.